The molecule has 2 aliphatic heterocycles. The van der Waals surface area contributed by atoms with Crippen molar-refractivity contribution in [2.75, 3.05) is 52.5 Å². The molecule has 3 aromatic rings. The van der Waals surface area contributed by atoms with Crippen molar-refractivity contribution in [1.82, 2.24) is 29.9 Å². The lowest BCUT2D eigenvalue weighted by Gasteiger charge is -2.34. The van der Waals surface area contributed by atoms with Gasteiger partial charge in [0.2, 0.25) is 5.91 Å². The molecule has 186 valence electrons. The van der Waals surface area contributed by atoms with Crippen molar-refractivity contribution in [3.63, 3.8) is 0 Å². The molecule has 2 aliphatic rings. The first-order chi connectivity index (χ1) is 17.1. The average Bonchev–Trinajstić information content (AvgIpc) is 3.64. The number of aromatic nitrogens is 3. The Morgan fingerprint density at radius 1 is 1.23 bits per heavy atom. The molecule has 1 amide bonds. The summed E-state index contributed by atoms with van der Waals surface area (Å²) in [4.78, 5) is 36.0. The predicted molar refractivity (Wildman–Crippen MR) is 132 cm³/mol. The van der Waals surface area contributed by atoms with Gasteiger partial charge in [-0.15, -0.1) is 32.5 Å². The van der Waals surface area contributed by atoms with Crippen LogP contribution in [0.1, 0.15) is 26.4 Å². The number of halogens is 1. The standard InChI is InChI=1S/C22H25ClN6O4S2/c23-18-4-3-15(35-18)14-33-22-25-20(26-29(22)21(31)17-2-1-11-34-17)16-12-28(6-5-24-16)19(30)13-27-7-9-32-10-8-27/h1-4,11,16,24H,5-10,12-14H2. The highest BCUT2D eigenvalue weighted by atomic mass is 35.5. The summed E-state index contributed by atoms with van der Waals surface area (Å²) in [6, 6.07) is 7.02. The number of ether oxygens (including phenoxy) is 2. The Balaban J connectivity index is 1.32. The minimum Gasteiger partial charge on any atom is -0.458 e. The van der Waals surface area contributed by atoms with E-state index in [1.807, 2.05) is 22.4 Å². The molecule has 5 heterocycles. The van der Waals surface area contributed by atoms with Crippen molar-refractivity contribution in [3.05, 3.63) is 49.6 Å². The van der Waals surface area contributed by atoms with Gasteiger partial charge < -0.3 is 19.7 Å². The molecule has 0 saturated carbocycles. The Hall–Kier alpha value is -2.35. The second-order valence-electron chi connectivity index (χ2n) is 8.18. The highest BCUT2D eigenvalue weighted by molar-refractivity contribution is 7.16. The minimum atomic E-state index is -0.312. The molecule has 0 bridgehead atoms. The monoisotopic (exact) mass is 536 g/mol. The molecule has 1 unspecified atom stereocenters. The first-order valence-corrected chi connectivity index (χ1v) is 13.4. The van der Waals surface area contributed by atoms with Crippen LogP contribution in [0.15, 0.2) is 29.6 Å². The molecule has 1 N–H and O–H groups in total. The van der Waals surface area contributed by atoms with Crippen LogP contribution >= 0.6 is 34.3 Å². The maximum atomic E-state index is 13.1. The third-order valence-corrected chi connectivity index (χ3v) is 7.86. The Labute approximate surface area is 215 Å². The van der Waals surface area contributed by atoms with E-state index in [-0.39, 0.29) is 30.5 Å². The topological polar surface area (TPSA) is 102 Å². The van der Waals surface area contributed by atoms with Crippen molar-refractivity contribution in [1.29, 1.82) is 0 Å². The van der Waals surface area contributed by atoms with E-state index < -0.39 is 0 Å². The lowest BCUT2D eigenvalue weighted by molar-refractivity contribution is -0.134. The third kappa shape index (κ3) is 5.90. The zero-order valence-electron chi connectivity index (χ0n) is 18.9. The van der Waals surface area contributed by atoms with Gasteiger partial charge >= 0.3 is 6.01 Å². The third-order valence-electron chi connectivity index (χ3n) is 5.79. The molecule has 2 saturated heterocycles. The number of rotatable bonds is 7. The molecule has 0 aromatic carbocycles. The second kappa shape index (κ2) is 11.1. The van der Waals surface area contributed by atoms with Crippen LogP contribution in [0.4, 0.5) is 0 Å². The molecule has 3 aromatic heterocycles. The summed E-state index contributed by atoms with van der Waals surface area (Å²) in [6.07, 6.45) is 0. The van der Waals surface area contributed by atoms with E-state index in [1.165, 1.54) is 27.4 Å². The number of carbonyl (C=O) groups excluding carboxylic acids is 2. The lowest BCUT2D eigenvalue weighted by Crippen LogP contribution is -2.52. The maximum absolute atomic E-state index is 13.1. The molecule has 0 radical (unpaired) electrons. The smallest absolute Gasteiger partial charge is 0.323 e. The Kier molecular flexibility index (Phi) is 7.75. The van der Waals surface area contributed by atoms with Crippen molar-refractivity contribution < 1.29 is 19.1 Å². The fraction of sp³-hybridized carbons (Fsp3) is 0.455. The number of nitrogens with zero attached hydrogens (tertiary/aromatic N) is 5. The van der Waals surface area contributed by atoms with Gasteiger partial charge in [-0.3, -0.25) is 14.5 Å². The number of carbonyl (C=O) groups is 2. The molecule has 13 heteroatoms. The number of hydrogen-bond acceptors (Lipinski definition) is 10. The lowest BCUT2D eigenvalue weighted by atomic mass is 10.2. The highest BCUT2D eigenvalue weighted by Crippen LogP contribution is 2.25. The van der Waals surface area contributed by atoms with Crippen LogP contribution in [0.3, 0.4) is 0 Å². The molecular formula is C22H25ClN6O4S2. The normalized spacial score (nSPS) is 19.1. The van der Waals surface area contributed by atoms with Gasteiger partial charge in [0.1, 0.15) is 6.61 Å². The van der Waals surface area contributed by atoms with Crippen molar-refractivity contribution >= 4 is 46.1 Å². The summed E-state index contributed by atoms with van der Waals surface area (Å²) in [5, 5.41) is 9.71. The number of nitrogens with one attached hydrogen (secondary N) is 1. The molecule has 35 heavy (non-hydrogen) atoms. The van der Waals surface area contributed by atoms with Crippen molar-refractivity contribution in [3.8, 4) is 6.01 Å². The average molecular weight is 537 g/mol. The zero-order chi connectivity index (χ0) is 24.2. The van der Waals surface area contributed by atoms with Gasteiger partial charge in [0.15, 0.2) is 5.82 Å². The van der Waals surface area contributed by atoms with E-state index in [0.717, 1.165) is 18.0 Å². The van der Waals surface area contributed by atoms with Crippen molar-refractivity contribution in [2.45, 2.75) is 12.6 Å². The summed E-state index contributed by atoms with van der Waals surface area (Å²) >= 11 is 8.76. The van der Waals surface area contributed by atoms with Crippen LogP contribution in [0.25, 0.3) is 0 Å². The summed E-state index contributed by atoms with van der Waals surface area (Å²) < 4.78 is 13.1. The van der Waals surface area contributed by atoms with Crippen LogP contribution in [0, 0.1) is 0 Å². The molecule has 0 aliphatic carbocycles. The largest absolute Gasteiger partial charge is 0.458 e. The number of thiophene rings is 2. The zero-order valence-corrected chi connectivity index (χ0v) is 21.3. The van der Waals surface area contributed by atoms with Crippen LogP contribution in [-0.4, -0.2) is 88.9 Å². The predicted octanol–water partition coefficient (Wildman–Crippen LogP) is 2.13. The van der Waals surface area contributed by atoms with Crippen LogP contribution < -0.4 is 10.1 Å². The van der Waals surface area contributed by atoms with E-state index in [1.54, 1.807) is 12.1 Å². The summed E-state index contributed by atoms with van der Waals surface area (Å²) in [6.45, 7) is 5.04. The van der Waals surface area contributed by atoms with E-state index in [9.17, 15) is 9.59 Å². The highest BCUT2D eigenvalue weighted by Gasteiger charge is 2.30. The van der Waals surface area contributed by atoms with Gasteiger partial charge in [-0.05, 0) is 23.6 Å². The fourth-order valence-electron chi connectivity index (χ4n) is 3.96. The number of piperazine rings is 1. The van der Waals surface area contributed by atoms with Crippen LogP contribution in [-0.2, 0) is 16.1 Å². The minimum absolute atomic E-state index is 0.0681. The van der Waals surface area contributed by atoms with E-state index in [4.69, 9.17) is 21.1 Å². The van der Waals surface area contributed by atoms with Crippen LogP contribution in [0.2, 0.25) is 4.34 Å². The first-order valence-electron chi connectivity index (χ1n) is 11.3. The number of hydrogen-bond donors (Lipinski definition) is 1. The summed E-state index contributed by atoms with van der Waals surface area (Å²) in [7, 11) is 0. The fourth-order valence-corrected chi connectivity index (χ4v) is 5.60. The number of amides is 1. The van der Waals surface area contributed by atoms with Crippen LogP contribution in [0.5, 0.6) is 6.01 Å². The van der Waals surface area contributed by atoms with Gasteiger partial charge in [0.25, 0.3) is 5.91 Å². The molecule has 2 fully saturated rings. The molecule has 5 rings (SSSR count). The van der Waals surface area contributed by atoms with Gasteiger partial charge in [0, 0.05) is 37.6 Å². The SMILES string of the molecule is O=C(CN1CCOCC1)N1CCNC(c2nc(OCc3ccc(Cl)s3)n(C(=O)c3cccs3)n2)C1. The van der Waals surface area contributed by atoms with Gasteiger partial charge in [0.05, 0.1) is 35.0 Å². The van der Waals surface area contributed by atoms with Gasteiger partial charge in [-0.2, -0.15) is 4.98 Å². The molecule has 10 nitrogen and oxygen atoms in total. The van der Waals surface area contributed by atoms with E-state index in [2.05, 4.69) is 20.3 Å². The van der Waals surface area contributed by atoms with E-state index in [0.29, 0.717) is 54.4 Å². The van der Waals surface area contributed by atoms with Gasteiger partial charge in [-0.1, -0.05) is 17.7 Å². The molecule has 0 spiro atoms. The summed E-state index contributed by atoms with van der Waals surface area (Å²) in [5.74, 6) is 0.172. The Morgan fingerprint density at radius 3 is 2.83 bits per heavy atom. The number of morpholine rings is 1. The summed E-state index contributed by atoms with van der Waals surface area (Å²) in [5.41, 5.74) is 0. The molecular weight excluding hydrogens is 512 g/mol. The Morgan fingerprint density at radius 2 is 2.09 bits per heavy atom. The molecule has 1 atom stereocenters. The first kappa shape index (κ1) is 24.3. The Bertz CT molecular complexity index is 1160. The van der Waals surface area contributed by atoms with Gasteiger partial charge in [-0.25, -0.2) is 0 Å². The quantitative estimate of drug-likeness (QED) is 0.490. The van der Waals surface area contributed by atoms with E-state index >= 15 is 0 Å². The maximum Gasteiger partial charge on any atom is 0.323 e. The second-order valence-corrected chi connectivity index (χ2v) is 10.9. The van der Waals surface area contributed by atoms with Crippen molar-refractivity contribution in [2.24, 2.45) is 0 Å².